The van der Waals surface area contributed by atoms with Crippen LogP contribution in [-0.4, -0.2) is 27.6 Å². The predicted octanol–water partition coefficient (Wildman–Crippen LogP) is 1.17. The van der Waals surface area contributed by atoms with Gasteiger partial charge in [0.05, 0.1) is 12.3 Å². The molecule has 0 saturated carbocycles. The Bertz CT molecular complexity index is 430. The summed E-state index contributed by atoms with van der Waals surface area (Å²) in [6.45, 7) is 4.24. The van der Waals surface area contributed by atoms with Crippen LogP contribution in [0.3, 0.4) is 0 Å². The highest BCUT2D eigenvalue weighted by Gasteiger charge is 2.24. The van der Waals surface area contributed by atoms with Crippen molar-refractivity contribution in [1.82, 2.24) is 14.7 Å². The van der Waals surface area contributed by atoms with Crippen molar-refractivity contribution in [3.05, 3.63) is 18.0 Å². The van der Waals surface area contributed by atoms with Crippen LogP contribution in [-0.2, 0) is 18.4 Å². The molecule has 0 aromatic carbocycles. The molecule has 0 bridgehead atoms. The molecule has 1 rings (SSSR count). The molecule has 0 aliphatic heterocycles. The Morgan fingerprint density at radius 2 is 2.29 bits per heavy atom. The standard InChI is InChI=1S/C12H18N4O/c1-9(2)11(5-13)12(17)15(3)7-10-6-14-16(4)8-10/h6,8-9,11H,7H2,1-4H3. The lowest BCUT2D eigenvalue weighted by atomic mass is 9.96. The van der Waals surface area contributed by atoms with E-state index < -0.39 is 5.92 Å². The first kappa shape index (κ1) is 13.2. The molecule has 92 valence electrons. The summed E-state index contributed by atoms with van der Waals surface area (Å²) in [5.41, 5.74) is 0.962. The second kappa shape index (κ2) is 5.48. The van der Waals surface area contributed by atoms with Gasteiger partial charge in [0.25, 0.3) is 0 Å². The van der Waals surface area contributed by atoms with Gasteiger partial charge >= 0.3 is 0 Å². The third-order valence-corrected chi connectivity index (χ3v) is 2.63. The Morgan fingerprint density at radius 1 is 1.65 bits per heavy atom. The maximum Gasteiger partial charge on any atom is 0.240 e. The van der Waals surface area contributed by atoms with Crippen LogP contribution >= 0.6 is 0 Å². The Balaban J connectivity index is 2.67. The molecule has 17 heavy (non-hydrogen) atoms. The van der Waals surface area contributed by atoms with Crippen molar-refractivity contribution in [3.8, 4) is 6.07 Å². The van der Waals surface area contributed by atoms with Crippen LogP contribution in [0.15, 0.2) is 12.4 Å². The molecular weight excluding hydrogens is 216 g/mol. The molecule has 0 radical (unpaired) electrons. The third-order valence-electron chi connectivity index (χ3n) is 2.63. The van der Waals surface area contributed by atoms with Gasteiger partial charge in [0.1, 0.15) is 5.92 Å². The molecule has 0 spiro atoms. The number of amides is 1. The minimum atomic E-state index is -0.573. The summed E-state index contributed by atoms with van der Waals surface area (Å²) >= 11 is 0. The second-order valence-electron chi connectivity index (χ2n) is 4.57. The number of aromatic nitrogens is 2. The van der Waals surface area contributed by atoms with E-state index in [4.69, 9.17) is 5.26 Å². The van der Waals surface area contributed by atoms with Gasteiger partial charge in [-0.25, -0.2) is 0 Å². The summed E-state index contributed by atoms with van der Waals surface area (Å²) in [5.74, 6) is -0.674. The zero-order chi connectivity index (χ0) is 13.0. The van der Waals surface area contributed by atoms with E-state index in [-0.39, 0.29) is 11.8 Å². The Hall–Kier alpha value is -1.83. The molecule has 0 aliphatic rings. The first-order valence-corrected chi connectivity index (χ1v) is 5.57. The highest BCUT2D eigenvalue weighted by molar-refractivity contribution is 5.81. The van der Waals surface area contributed by atoms with Gasteiger partial charge in [-0.1, -0.05) is 13.8 Å². The summed E-state index contributed by atoms with van der Waals surface area (Å²) < 4.78 is 1.69. The lowest BCUT2D eigenvalue weighted by Gasteiger charge is -2.21. The average molecular weight is 234 g/mol. The van der Waals surface area contributed by atoms with E-state index in [9.17, 15) is 4.79 Å². The normalized spacial score (nSPS) is 12.2. The maximum atomic E-state index is 12.0. The molecule has 1 aromatic rings. The SMILES string of the molecule is CC(C)C(C#N)C(=O)N(C)Cc1cnn(C)c1. The zero-order valence-electron chi connectivity index (χ0n) is 10.7. The van der Waals surface area contributed by atoms with Crippen LogP contribution in [0, 0.1) is 23.2 Å². The molecule has 5 heteroatoms. The summed E-state index contributed by atoms with van der Waals surface area (Å²) in [7, 11) is 3.54. The third kappa shape index (κ3) is 3.31. The first-order valence-electron chi connectivity index (χ1n) is 5.57. The molecule has 1 atom stereocenters. The summed E-state index contributed by atoms with van der Waals surface area (Å²) in [6, 6.07) is 2.06. The fraction of sp³-hybridized carbons (Fsp3) is 0.583. The number of nitriles is 1. The molecule has 0 aliphatic carbocycles. The van der Waals surface area contributed by atoms with Crippen LogP contribution in [0.5, 0.6) is 0 Å². The van der Waals surface area contributed by atoms with Gasteiger partial charge in [-0.05, 0) is 5.92 Å². The number of carbonyl (C=O) groups excluding carboxylic acids is 1. The molecule has 1 amide bonds. The molecule has 0 fully saturated rings. The Kier molecular flexibility index (Phi) is 4.27. The van der Waals surface area contributed by atoms with Gasteiger partial charge < -0.3 is 4.90 Å². The van der Waals surface area contributed by atoms with Gasteiger partial charge in [0, 0.05) is 32.4 Å². The summed E-state index contributed by atoms with van der Waals surface area (Å²) in [5, 5.41) is 13.0. The number of aryl methyl sites for hydroxylation is 1. The summed E-state index contributed by atoms with van der Waals surface area (Å²) in [6.07, 6.45) is 3.58. The monoisotopic (exact) mass is 234 g/mol. The van der Waals surface area contributed by atoms with E-state index in [1.807, 2.05) is 27.1 Å². The fourth-order valence-corrected chi connectivity index (χ4v) is 1.63. The smallest absolute Gasteiger partial charge is 0.240 e. The lowest BCUT2D eigenvalue weighted by molar-refractivity contribution is -0.134. The molecule has 0 saturated heterocycles. The van der Waals surface area contributed by atoms with Gasteiger partial charge in [-0.3, -0.25) is 9.48 Å². The average Bonchev–Trinajstić information content (AvgIpc) is 2.64. The second-order valence-corrected chi connectivity index (χ2v) is 4.57. The van der Waals surface area contributed by atoms with E-state index in [2.05, 4.69) is 11.2 Å². The number of hydrogen-bond donors (Lipinski definition) is 0. The van der Waals surface area contributed by atoms with Crippen molar-refractivity contribution >= 4 is 5.91 Å². The van der Waals surface area contributed by atoms with Crippen LogP contribution in [0.4, 0.5) is 0 Å². The van der Waals surface area contributed by atoms with Crippen LogP contribution in [0.2, 0.25) is 0 Å². The molecular formula is C12H18N4O. The lowest BCUT2D eigenvalue weighted by Crippen LogP contribution is -2.34. The van der Waals surface area contributed by atoms with Crippen molar-refractivity contribution in [2.75, 3.05) is 7.05 Å². The van der Waals surface area contributed by atoms with Crippen molar-refractivity contribution in [2.24, 2.45) is 18.9 Å². The van der Waals surface area contributed by atoms with E-state index in [1.54, 1.807) is 22.8 Å². The molecule has 1 heterocycles. The minimum absolute atomic E-state index is 0.0313. The van der Waals surface area contributed by atoms with Gasteiger partial charge in [0.15, 0.2) is 0 Å². The van der Waals surface area contributed by atoms with Crippen LogP contribution in [0.1, 0.15) is 19.4 Å². The van der Waals surface area contributed by atoms with Crippen molar-refractivity contribution in [3.63, 3.8) is 0 Å². The number of rotatable bonds is 4. The highest BCUT2D eigenvalue weighted by atomic mass is 16.2. The molecule has 0 N–H and O–H groups in total. The zero-order valence-corrected chi connectivity index (χ0v) is 10.7. The largest absolute Gasteiger partial charge is 0.340 e. The van der Waals surface area contributed by atoms with Gasteiger partial charge in [-0.2, -0.15) is 10.4 Å². The maximum absolute atomic E-state index is 12.0. The van der Waals surface area contributed by atoms with E-state index in [0.717, 1.165) is 5.56 Å². The van der Waals surface area contributed by atoms with E-state index in [0.29, 0.717) is 6.54 Å². The quantitative estimate of drug-likeness (QED) is 0.785. The Morgan fingerprint density at radius 3 is 2.71 bits per heavy atom. The van der Waals surface area contributed by atoms with Crippen LogP contribution < -0.4 is 0 Å². The van der Waals surface area contributed by atoms with Crippen molar-refractivity contribution in [2.45, 2.75) is 20.4 Å². The van der Waals surface area contributed by atoms with Gasteiger partial charge in [-0.15, -0.1) is 0 Å². The van der Waals surface area contributed by atoms with Crippen molar-refractivity contribution < 1.29 is 4.79 Å². The molecule has 1 aromatic heterocycles. The van der Waals surface area contributed by atoms with Gasteiger partial charge in [0.2, 0.25) is 5.91 Å². The number of carbonyl (C=O) groups is 1. The first-order chi connectivity index (χ1) is 7.95. The number of nitrogens with zero attached hydrogens (tertiary/aromatic N) is 4. The topological polar surface area (TPSA) is 61.9 Å². The fourth-order valence-electron chi connectivity index (χ4n) is 1.63. The minimum Gasteiger partial charge on any atom is -0.340 e. The predicted molar refractivity (Wildman–Crippen MR) is 63.6 cm³/mol. The van der Waals surface area contributed by atoms with E-state index >= 15 is 0 Å². The van der Waals surface area contributed by atoms with Crippen LogP contribution in [0.25, 0.3) is 0 Å². The van der Waals surface area contributed by atoms with Crippen molar-refractivity contribution in [1.29, 1.82) is 5.26 Å². The molecule has 1 unspecified atom stereocenters. The number of hydrogen-bond acceptors (Lipinski definition) is 3. The molecule has 5 nitrogen and oxygen atoms in total. The highest BCUT2D eigenvalue weighted by Crippen LogP contribution is 2.14. The Labute approximate surface area is 102 Å². The summed E-state index contributed by atoms with van der Waals surface area (Å²) in [4.78, 5) is 13.6. The van der Waals surface area contributed by atoms with E-state index in [1.165, 1.54) is 0 Å².